The molecule has 2 N–H and O–H groups in total. The highest BCUT2D eigenvalue weighted by Gasteiger charge is 2.12. The Bertz CT molecular complexity index is 993. The van der Waals surface area contributed by atoms with Gasteiger partial charge in [-0.25, -0.2) is 0 Å². The highest BCUT2D eigenvalue weighted by atomic mass is 79.9. The first-order valence-electron chi connectivity index (χ1n) is 6.87. The zero-order valence-corrected chi connectivity index (χ0v) is 13.9. The normalized spacial score (nSPS) is 11.3. The number of benzene rings is 3. The third-order valence-corrected chi connectivity index (χ3v) is 5.36. The first-order chi connectivity index (χ1) is 10.7. The van der Waals surface area contributed by atoms with Crippen LogP contribution in [0.3, 0.4) is 0 Å². The van der Waals surface area contributed by atoms with Gasteiger partial charge >= 0.3 is 0 Å². The van der Waals surface area contributed by atoms with Gasteiger partial charge in [0.2, 0.25) is 0 Å². The summed E-state index contributed by atoms with van der Waals surface area (Å²) in [5.41, 5.74) is 1.09. The lowest BCUT2D eigenvalue weighted by Crippen LogP contribution is -1.79. The van der Waals surface area contributed by atoms with E-state index in [0.717, 1.165) is 35.9 Å². The van der Waals surface area contributed by atoms with Gasteiger partial charge in [-0.1, -0.05) is 58.0 Å². The second-order valence-electron chi connectivity index (χ2n) is 5.08. The number of aromatic nitrogens is 1. The molecule has 0 fully saturated rings. The molecule has 108 valence electrons. The average molecular weight is 370 g/mol. The molecule has 0 amide bonds. The van der Waals surface area contributed by atoms with Crippen LogP contribution < -0.4 is 0 Å². The van der Waals surface area contributed by atoms with Gasteiger partial charge in [-0.3, -0.25) is 0 Å². The van der Waals surface area contributed by atoms with Crippen LogP contribution in [0, 0.1) is 0 Å². The summed E-state index contributed by atoms with van der Waals surface area (Å²) in [4.78, 5) is 5.27. The fourth-order valence-corrected chi connectivity index (χ4v) is 4.05. The van der Waals surface area contributed by atoms with Crippen molar-refractivity contribution in [2.24, 2.45) is 0 Å². The van der Waals surface area contributed by atoms with Gasteiger partial charge in [0.25, 0.3) is 0 Å². The lowest BCUT2D eigenvalue weighted by atomic mass is 10.1. The molecule has 3 aromatic carbocycles. The molecular formula is C18H12BrNOS. The minimum atomic E-state index is 0.313. The van der Waals surface area contributed by atoms with Gasteiger partial charge in [-0.05, 0) is 35.0 Å². The molecule has 1 aromatic heterocycles. The largest absolute Gasteiger partial charge is 0.507 e. The molecule has 4 rings (SSSR count). The number of fused-ring (bicyclic) bond motifs is 2. The number of aromatic amines is 1. The van der Waals surface area contributed by atoms with Crippen LogP contribution in [0.15, 0.2) is 75.1 Å². The number of hydrogen-bond acceptors (Lipinski definition) is 2. The number of rotatable bonds is 2. The van der Waals surface area contributed by atoms with Crippen LogP contribution in [0.1, 0.15) is 0 Å². The predicted molar refractivity (Wildman–Crippen MR) is 95.7 cm³/mol. The SMILES string of the molecule is Oc1ccc2ccccc2c1Sc1c[nH]c2ccc(Br)cc12. The molecule has 0 saturated heterocycles. The van der Waals surface area contributed by atoms with Gasteiger partial charge in [0.15, 0.2) is 0 Å². The van der Waals surface area contributed by atoms with Crippen LogP contribution in [0.4, 0.5) is 0 Å². The highest BCUT2D eigenvalue weighted by molar-refractivity contribution is 9.10. The fourth-order valence-electron chi connectivity index (χ4n) is 2.60. The average Bonchev–Trinajstić information content (AvgIpc) is 2.92. The van der Waals surface area contributed by atoms with Crippen molar-refractivity contribution in [3.05, 3.63) is 65.3 Å². The summed E-state index contributed by atoms with van der Waals surface area (Å²) in [5.74, 6) is 0.313. The molecule has 0 radical (unpaired) electrons. The maximum Gasteiger partial charge on any atom is 0.130 e. The molecule has 0 saturated carbocycles. The van der Waals surface area contributed by atoms with Crippen molar-refractivity contribution < 1.29 is 5.11 Å². The van der Waals surface area contributed by atoms with E-state index >= 15 is 0 Å². The van der Waals surface area contributed by atoms with Crippen molar-refractivity contribution in [1.29, 1.82) is 0 Å². The van der Waals surface area contributed by atoms with Crippen molar-refractivity contribution in [2.75, 3.05) is 0 Å². The van der Waals surface area contributed by atoms with Crippen LogP contribution in [0.5, 0.6) is 5.75 Å². The van der Waals surface area contributed by atoms with Crippen LogP contribution in [-0.2, 0) is 0 Å². The Balaban J connectivity index is 1.89. The molecule has 0 aliphatic rings. The van der Waals surface area contributed by atoms with E-state index in [9.17, 15) is 5.11 Å². The van der Waals surface area contributed by atoms with Crippen LogP contribution in [0.2, 0.25) is 0 Å². The van der Waals surface area contributed by atoms with Crippen LogP contribution in [0.25, 0.3) is 21.7 Å². The number of nitrogens with one attached hydrogen (secondary N) is 1. The molecule has 0 bridgehead atoms. The Kier molecular flexibility index (Phi) is 3.36. The fraction of sp³-hybridized carbons (Fsp3) is 0. The van der Waals surface area contributed by atoms with Crippen molar-refractivity contribution >= 4 is 49.4 Å². The zero-order valence-electron chi connectivity index (χ0n) is 11.5. The smallest absolute Gasteiger partial charge is 0.130 e. The standard InChI is InChI=1S/C18H12BrNOS/c19-12-6-7-15-14(9-12)17(10-20-15)22-18-13-4-2-1-3-11(13)5-8-16(18)21/h1-10,20-21H. The monoisotopic (exact) mass is 369 g/mol. The predicted octanol–water partition coefficient (Wildman–Crippen LogP) is 5.94. The van der Waals surface area contributed by atoms with Crippen molar-refractivity contribution in [3.63, 3.8) is 0 Å². The van der Waals surface area contributed by atoms with Crippen LogP contribution >= 0.6 is 27.7 Å². The number of halogens is 1. The summed E-state index contributed by atoms with van der Waals surface area (Å²) in [7, 11) is 0. The minimum absolute atomic E-state index is 0.313. The quantitative estimate of drug-likeness (QED) is 0.458. The van der Waals surface area contributed by atoms with E-state index in [1.54, 1.807) is 17.8 Å². The summed E-state index contributed by atoms with van der Waals surface area (Å²) < 4.78 is 1.04. The van der Waals surface area contributed by atoms with Gasteiger partial charge in [0, 0.05) is 26.5 Å². The van der Waals surface area contributed by atoms with Crippen molar-refractivity contribution in [3.8, 4) is 5.75 Å². The maximum atomic E-state index is 10.3. The van der Waals surface area contributed by atoms with Gasteiger partial charge in [-0.15, -0.1) is 0 Å². The van der Waals surface area contributed by atoms with E-state index in [-0.39, 0.29) is 0 Å². The van der Waals surface area contributed by atoms with Crippen molar-refractivity contribution in [1.82, 2.24) is 4.98 Å². The molecule has 0 aliphatic carbocycles. The lowest BCUT2D eigenvalue weighted by molar-refractivity contribution is 0.464. The third-order valence-electron chi connectivity index (χ3n) is 3.68. The first kappa shape index (κ1) is 13.7. The van der Waals surface area contributed by atoms with Gasteiger partial charge in [0.1, 0.15) is 5.75 Å². The summed E-state index contributed by atoms with van der Waals surface area (Å²) in [6, 6.07) is 18.0. The second kappa shape index (κ2) is 5.38. The van der Waals surface area contributed by atoms with Gasteiger partial charge < -0.3 is 10.1 Å². The lowest BCUT2D eigenvalue weighted by Gasteiger charge is -2.08. The number of H-pyrrole nitrogens is 1. The topological polar surface area (TPSA) is 36.0 Å². The molecule has 4 aromatic rings. The maximum absolute atomic E-state index is 10.3. The summed E-state index contributed by atoms with van der Waals surface area (Å²) in [5, 5.41) is 13.6. The molecule has 2 nitrogen and oxygen atoms in total. The number of phenolic OH excluding ortho intramolecular Hbond substituents is 1. The van der Waals surface area contributed by atoms with Gasteiger partial charge in [0.05, 0.1) is 4.90 Å². The Morgan fingerprint density at radius 3 is 2.73 bits per heavy atom. The summed E-state index contributed by atoms with van der Waals surface area (Å²) in [6.07, 6.45) is 1.99. The first-order valence-corrected chi connectivity index (χ1v) is 8.48. The zero-order chi connectivity index (χ0) is 15.1. The van der Waals surface area contributed by atoms with E-state index in [1.807, 2.05) is 42.6 Å². The Hall–Kier alpha value is -1.91. The summed E-state index contributed by atoms with van der Waals surface area (Å²) >= 11 is 5.10. The molecule has 0 spiro atoms. The van der Waals surface area contributed by atoms with Gasteiger partial charge in [-0.2, -0.15) is 0 Å². The molecule has 1 heterocycles. The van der Waals surface area contributed by atoms with Crippen molar-refractivity contribution in [2.45, 2.75) is 9.79 Å². The molecule has 22 heavy (non-hydrogen) atoms. The second-order valence-corrected chi connectivity index (χ2v) is 7.05. The highest BCUT2D eigenvalue weighted by Crippen LogP contribution is 2.42. The number of hydrogen-bond donors (Lipinski definition) is 2. The molecular weight excluding hydrogens is 358 g/mol. The van der Waals surface area contributed by atoms with E-state index in [0.29, 0.717) is 5.75 Å². The van der Waals surface area contributed by atoms with E-state index in [2.05, 4.69) is 33.0 Å². The third kappa shape index (κ3) is 2.28. The summed E-state index contributed by atoms with van der Waals surface area (Å²) in [6.45, 7) is 0. The number of phenols is 1. The Morgan fingerprint density at radius 1 is 0.955 bits per heavy atom. The van der Waals surface area contributed by atoms with E-state index in [1.165, 1.54) is 0 Å². The Labute approximate surface area is 140 Å². The molecule has 0 unspecified atom stereocenters. The van der Waals surface area contributed by atoms with E-state index in [4.69, 9.17) is 0 Å². The minimum Gasteiger partial charge on any atom is -0.507 e. The van der Waals surface area contributed by atoms with E-state index < -0.39 is 0 Å². The van der Waals surface area contributed by atoms with Crippen LogP contribution in [-0.4, -0.2) is 10.1 Å². The molecule has 0 atom stereocenters. The number of aromatic hydroxyl groups is 1. The molecule has 0 aliphatic heterocycles. The Morgan fingerprint density at radius 2 is 1.82 bits per heavy atom. The molecule has 4 heteroatoms.